The Morgan fingerprint density at radius 3 is 2.07 bits per heavy atom. The van der Waals surface area contributed by atoms with Crippen molar-refractivity contribution in [3.8, 4) is 11.1 Å². The molecule has 3 aliphatic rings. The highest BCUT2D eigenvalue weighted by Gasteiger charge is 2.49. The molecule has 6 rings (SSSR count). The van der Waals surface area contributed by atoms with E-state index in [-0.39, 0.29) is 11.8 Å². The number of nitrogens with one attached hydrogen (secondary N) is 1. The summed E-state index contributed by atoms with van der Waals surface area (Å²) in [6.45, 7) is 2.50. The van der Waals surface area contributed by atoms with Gasteiger partial charge >= 0.3 is 6.18 Å². The smallest absolute Gasteiger partial charge is 0.346 e. The van der Waals surface area contributed by atoms with Crippen LogP contribution in [0.2, 0.25) is 0 Å². The SMILES string of the molecule is O=C(C1CCc2ccccc2C1)N1CCN(CCCCC2(C(=O)NCC(F)(F)F)c3ccccc3-c3ccccc32)CC1. The van der Waals surface area contributed by atoms with Crippen LogP contribution in [0.15, 0.2) is 72.8 Å². The Hall–Kier alpha value is -3.65. The van der Waals surface area contributed by atoms with Crippen LogP contribution in [0, 0.1) is 5.92 Å². The van der Waals surface area contributed by atoms with Gasteiger partial charge in [0.25, 0.3) is 0 Å². The van der Waals surface area contributed by atoms with Gasteiger partial charge in [-0.2, -0.15) is 13.2 Å². The molecule has 226 valence electrons. The highest BCUT2D eigenvalue weighted by Crippen LogP contribution is 2.51. The lowest BCUT2D eigenvalue weighted by molar-refractivity contribution is -0.141. The molecule has 1 heterocycles. The second kappa shape index (κ2) is 12.2. The van der Waals surface area contributed by atoms with Gasteiger partial charge in [-0.3, -0.25) is 14.5 Å². The van der Waals surface area contributed by atoms with Crippen LogP contribution in [0.5, 0.6) is 0 Å². The molecule has 0 bridgehead atoms. The predicted molar refractivity (Wildman–Crippen MR) is 161 cm³/mol. The lowest BCUT2D eigenvalue weighted by Crippen LogP contribution is -2.51. The van der Waals surface area contributed by atoms with E-state index in [1.807, 2.05) is 59.5 Å². The second-order valence-corrected chi connectivity index (χ2v) is 12.1. The summed E-state index contributed by atoms with van der Waals surface area (Å²) in [5, 5.41) is 2.21. The van der Waals surface area contributed by atoms with Gasteiger partial charge in [-0.15, -0.1) is 0 Å². The zero-order chi connectivity index (χ0) is 30.0. The number of aryl methyl sites for hydroxylation is 1. The van der Waals surface area contributed by atoms with Gasteiger partial charge in [-0.1, -0.05) is 79.2 Å². The summed E-state index contributed by atoms with van der Waals surface area (Å²) in [4.78, 5) is 31.3. The molecule has 5 nitrogen and oxygen atoms in total. The molecule has 1 N–H and O–H groups in total. The number of amides is 2. The van der Waals surface area contributed by atoms with Crippen molar-refractivity contribution in [1.82, 2.24) is 15.1 Å². The van der Waals surface area contributed by atoms with Crippen molar-refractivity contribution >= 4 is 11.8 Å². The molecule has 2 amide bonds. The van der Waals surface area contributed by atoms with Gasteiger partial charge < -0.3 is 10.2 Å². The largest absolute Gasteiger partial charge is 0.405 e. The Balaban J connectivity index is 1.07. The monoisotopic (exact) mass is 589 g/mol. The quantitative estimate of drug-likeness (QED) is 0.341. The Bertz CT molecular complexity index is 1430. The van der Waals surface area contributed by atoms with Crippen molar-refractivity contribution in [1.29, 1.82) is 0 Å². The number of halogens is 3. The van der Waals surface area contributed by atoms with Gasteiger partial charge in [-0.25, -0.2) is 0 Å². The highest BCUT2D eigenvalue weighted by molar-refractivity contribution is 6.00. The lowest BCUT2D eigenvalue weighted by atomic mass is 9.73. The number of rotatable bonds is 8. The number of benzene rings is 3. The van der Waals surface area contributed by atoms with Gasteiger partial charge in [-0.05, 0) is 72.0 Å². The molecule has 1 saturated heterocycles. The van der Waals surface area contributed by atoms with Crippen molar-refractivity contribution in [3.05, 3.63) is 95.1 Å². The summed E-state index contributed by atoms with van der Waals surface area (Å²) in [7, 11) is 0. The van der Waals surface area contributed by atoms with Crippen LogP contribution in [-0.2, 0) is 27.8 Å². The fourth-order valence-electron chi connectivity index (χ4n) is 7.37. The van der Waals surface area contributed by atoms with Gasteiger partial charge in [0.05, 0.1) is 0 Å². The van der Waals surface area contributed by atoms with Crippen molar-refractivity contribution < 1.29 is 22.8 Å². The normalized spacial score (nSPS) is 19.3. The Labute approximate surface area is 251 Å². The van der Waals surface area contributed by atoms with E-state index in [0.29, 0.717) is 25.9 Å². The summed E-state index contributed by atoms with van der Waals surface area (Å²) >= 11 is 0. The van der Waals surface area contributed by atoms with E-state index < -0.39 is 24.0 Å². The first-order chi connectivity index (χ1) is 20.8. The first-order valence-electron chi connectivity index (χ1n) is 15.4. The molecule has 3 aromatic carbocycles. The van der Waals surface area contributed by atoms with Crippen molar-refractivity contribution in [2.45, 2.75) is 50.1 Å². The van der Waals surface area contributed by atoms with Gasteiger partial charge in [0.1, 0.15) is 12.0 Å². The van der Waals surface area contributed by atoms with Crippen LogP contribution < -0.4 is 5.32 Å². The molecule has 0 radical (unpaired) electrons. The third kappa shape index (κ3) is 5.94. The number of unbranched alkanes of at least 4 members (excludes halogenated alkanes) is 1. The molecule has 1 fully saturated rings. The number of fused-ring (bicyclic) bond motifs is 4. The predicted octanol–water partition coefficient (Wildman–Crippen LogP) is 5.75. The summed E-state index contributed by atoms with van der Waals surface area (Å²) in [5.74, 6) is -0.280. The number of hydrogen-bond acceptors (Lipinski definition) is 3. The molecular formula is C35H38F3N3O2. The number of nitrogens with zero attached hydrogens (tertiary/aromatic N) is 2. The fraction of sp³-hybridized carbons (Fsp3) is 0.429. The summed E-state index contributed by atoms with van der Waals surface area (Å²) in [5.41, 5.74) is 4.85. The van der Waals surface area contributed by atoms with E-state index in [2.05, 4.69) is 28.4 Å². The molecule has 1 aliphatic heterocycles. The minimum Gasteiger partial charge on any atom is -0.346 e. The molecular weight excluding hydrogens is 551 g/mol. The molecule has 1 unspecified atom stereocenters. The number of carbonyl (C=O) groups is 2. The number of piperazine rings is 1. The standard InChI is InChI=1S/C35H38F3N3O2/c36-35(37,38)24-39-33(43)34(30-13-5-3-11-28(30)29-12-4-6-14-31(29)34)17-7-8-18-40-19-21-41(22-20-40)32(42)27-16-15-25-9-1-2-10-26(25)23-27/h1-6,9-14,27H,7-8,15-24H2,(H,39,43). The van der Waals surface area contributed by atoms with Gasteiger partial charge in [0, 0.05) is 32.1 Å². The van der Waals surface area contributed by atoms with Gasteiger partial charge in [0.15, 0.2) is 0 Å². The van der Waals surface area contributed by atoms with Crippen LogP contribution in [0.3, 0.4) is 0 Å². The maximum atomic E-state index is 13.7. The first-order valence-corrected chi connectivity index (χ1v) is 15.4. The van der Waals surface area contributed by atoms with E-state index >= 15 is 0 Å². The average Bonchev–Trinajstić information content (AvgIpc) is 3.32. The van der Waals surface area contributed by atoms with Crippen molar-refractivity contribution in [2.75, 3.05) is 39.3 Å². The van der Waals surface area contributed by atoms with Crippen LogP contribution in [-0.4, -0.2) is 67.1 Å². The highest BCUT2D eigenvalue weighted by atomic mass is 19.4. The van der Waals surface area contributed by atoms with Crippen LogP contribution in [0.1, 0.15) is 47.9 Å². The molecule has 43 heavy (non-hydrogen) atoms. The Kier molecular flexibility index (Phi) is 8.32. The van der Waals surface area contributed by atoms with E-state index in [1.54, 1.807) is 0 Å². The van der Waals surface area contributed by atoms with E-state index in [0.717, 1.165) is 67.6 Å². The Morgan fingerprint density at radius 1 is 0.814 bits per heavy atom. The molecule has 0 aromatic heterocycles. The van der Waals surface area contributed by atoms with Gasteiger partial charge in [0.2, 0.25) is 11.8 Å². The summed E-state index contributed by atoms with van der Waals surface area (Å²) in [6, 6.07) is 23.6. The fourth-order valence-corrected chi connectivity index (χ4v) is 7.37. The number of hydrogen-bond donors (Lipinski definition) is 1. The Morgan fingerprint density at radius 2 is 1.42 bits per heavy atom. The molecule has 3 aromatic rings. The van der Waals surface area contributed by atoms with Crippen LogP contribution in [0.25, 0.3) is 11.1 Å². The lowest BCUT2D eigenvalue weighted by Gasteiger charge is -2.37. The average molecular weight is 590 g/mol. The zero-order valence-electron chi connectivity index (χ0n) is 24.3. The molecule has 8 heteroatoms. The first kappa shape index (κ1) is 29.4. The minimum absolute atomic E-state index is 0.0540. The molecule has 1 atom stereocenters. The summed E-state index contributed by atoms with van der Waals surface area (Å²) in [6.07, 6.45) is 0.109. The third-order valence-electron chi connectivity index (χ3n) is 9.56. The minimum atomic E-state index is -4.49. The molecule has 2 aliphatic carbocycles. The second-order valence-electron chi connectivity index (χ2n) is 12.1. The summed E-state index contributed by atoms with van der Waals surface area (Å²) < 4.78 is 39.4. The number of carbonyl (C=O) groups excluding carboxylic acids is 2. The van der Waals surface area contributed by atoms with Crippen molar-refractivity contribution in [3.63, 3.8) is 0 Å². The third-order valence-corrected chi connectivity index (χ3v) is 9.56. The van der Waals surface area contributed by atoms with Crippen LogP contribution >= 0.6 is 0 Å². The molecule has 0 spiro atoms. The number of alkyl halides is 3. The van der Waals surface area contributed by atoms with Crippen molar-refractivity contribution in [2.24, 2.45) is 5.92 Å². The van der Waals surface area contributed by atoms with E-state index in [1.165, 1.54) is 11.1 Å². The molecule has 0 saturated carbocycles. The van der Waals surface area contributed by atoms with Crippen LogP contribution in [0.4, 0.5) is 13.2 Å². The topological polar surface area (TPSA) is 52.7 Å². The maximum Gasteiger partial charge on any atom is 0.405 e. The van der Waals surface area contributed by atoms with E-state index in [9.17, 15) is 22.8 Å². The maximum absolute atomic E-state index is 13.7. The van der Waals surface area contributed by atoms with E-state index in [4.69, 9.17) is 0 Å². The zero-order valence-corrected chi connectivity index (χ0v) is 24.3.